The van der Waals surface area contributed by atoms with Crippen molar-refractivity contribution in [3.63, 3.8) is 0 Å². The van der Waals surface area contributed by atoms with Crippen LogP contribution in [-0.4, -0.2) is 17.7 Å². The number of hydrogen-bond acceptors (Lipinski definition) is 1. The number of hydrogen-bond donors (Lipinski definition) is 0. The number of thioether (sulfide) groups is 1. The standard InChI is InChI=1S/C24H22Cl2F6S/c1-4-17-20(25)11-16(12-21(17)26)19(24(30,31)32)13-22(27)15-7-6-14(8-9-33-5-2)18(10-15)23(3,28)29/h4,6-7,10-13,19H,1,5,8-9H2,2-3H3/b22-13-. The van der Waals surface area contributed by atoms with Gasteiger partial charge in [-0.1, -0.05) is 54.9 Å². The lowest BCUT2D eigenvalue weighted by molar-refractivity contribution is -0.139. The monoisotopic (exact) mass is 526 g/mol. The Balaban J connectivity index is 2.54. The predicted octanol–water partition coefficient (Wildman–Crippen LogP) is 9.70. The Hall–Kier alpha value is -1.57. The van der Waals surface area contributed by atoms with Gasteiger partial charge in [0.1, 0.15) is 11.7 Å². The maximum Gasteiger partial charge on any atom is 0.399 e. The third-order valence-corrected chi connectivity index (χ3v) is 6.44. The number of alkyl halides is 5. The van der Waals surface area contributed by atoms with Gasteiger partial charge in [-0.15, -0.1) is 0 Å². The molecule has 0 bridgehead atoms. The van der Waals surface area contributed by atoms with Gasteiger partial charge < -0.3 is 0 Å². The van der Waals surface area contributed by atoms with Crippen molar-refractivity contribution in [3.05, 3.63) is 80.8 Å². The summed E-state index contributed by atoms with van der Waals surface area (Å²) in [4.78, 5) is 0. The highest BCUT2D eigenvalue weighted by Crippen LogP contribution is 2.42. The van der Waals surface area contributed by atoms with Crippen molar-refractivity contribution in [2.75, 3.05) is 11.5 Å². The van der Waals surface area contributed by atoms with Crippen LogP contribution < -0.4 is 0 Å². The van der Waals surface area contributed by atoms with E-state index in [2.05, 4.69) is 6.58 Å². The van der Waals surface area contributed by atoms with Crippen molar-refractivity contribution < 1.29 is 26.3 Å². The molecular formula is C24H22Cl2F6S. The predicted molar refractivity (Wildman–Crippen MR) is 127 cm³/mol. The van der Waals surface area contributed by atoms with Gasteiger partial charge in [-0.3, -0.25) is 0 Å². The van der Waals surface area contributed by atoms with Crippen LogP contribution in [0.1, 0.15) is 47.6 Å². The topological polar surface area (TPSA) is 0 Å². The molecule has 0 aliphatic heterocycles. The molecule has 2 aromatic rings. The zero-order valence-corrected chi connectivity index (χ0v) is 20.2. The molecule has 0 saturated carbocycles. The zero-order chi connectivity index (χ0) is 25.0. The van der Waals surface area contributed by atoms with Crippen LogP contribution in [0.2, 0.25) is 10.0 Å². The van der Waals surface area contributed by atoms with Gasteiger partial charge in [-0.2, -0.15) is 24.9 Å². The van der Waals surface area contributed by atoms with E-state index in [0.29, 0.717) is 30.7 Å². The summed E-state index contributed by atoms with van der Waals surface area (Å²) < 4.78 is 84.7. The average Bonchev–Trinajstić information content (AvgIpc) is 2.70. The number of aryl methyl sites for hydroxylation is 1. The lowest BCUT2D eigenvalue weighted by atomic mass is 9.93. The van der Waals surface area contributed by atoms with Gasteiger partial charge in [0.2, 0.25) is 0 Å². The van der Waals surface area contributed by atoms with Crippen molar-refractivity contribution in [3.8, 4) is 0 Å². The summed E-state index contributed by atoms with van der Waals surface area (Å²) in [5.41, 5.74) is -0.588. The van der Waals surface area contributed by atoms with E-state index in [1.54, 1.807) is 11.8 Å². The molecule has 0 N–H and O–H groups in total. The Bertz CT molecular complexity index is 1000. The first-order valence-corrected chi connectivity index (χ1v) is 11.8. The van der Waals surface area contributed by atoms with E-state index in [-0.39, 0.29) is 26.7 Å². The van der Waals surface area contributed by atoms with Crippen molar-refractivity contribution in [2.45, 2.75) is 38.3 Å². The molecule has 0 heterocycles. The van der Waals surface area contributed by atoms with Crippen molar-refractivity contribution >= 4 is 46.9 Å². The van der Waals surface area contributed by atoms with E-state index in [4.69, 9.17) is 23.2 Å². The third-order valence-electron chi connectivity index (χ3n) is 4.91. The van der Waals surface area contributed by atoms with Crippen molar-refractivity contribution in [1.29, 1.82) is 0 Å². The lowest BCUT2D eigenvalue weighted by Gasteiger charge is -2.20. The van der Waals surface area contributed by atoms with E-state index in [1.165, 1.54) is 18.2 Å². The molecule has 0 aliphatic rings. The second kappa shape index (κ2) is 11.2. The summed E-state index contributed by atoms with van der Waals surface area (Å²) in [6.45, 7) is 6.11. The molecule has 0 aliphatic carbocycles. The van der Waals surface area contributed by atoms with Crippen LogP contribution in [0, 0.1) is 0 Å². The molecule has 0 spiro atoms. The summed E-state index contributed by atoms with van der Waals surface area (Å²) >= 11 is 13.6. The Morgan fingerprint density at radius 2 is 1.70 bits per heavy atom. The summed E-state index contributed by atoms with van der Waals surface area (Å²) in [6, 6.07) is 5.52. The van der Waals surface area contributed by atoms with E-state index in [9.17, 15) is 26.3 Å². The summed E-state index contributed by atoms with van der Waals surface area (Å²) in [7, 11) is 0. The van der Waals surface area contributed by atoms with Crippen LogP contribution in [0.25, 0.3) is 11.9 Å². The molecule has 2 rings (SSSR count). The molecular weight excluding hydrogens is 505 g/mol. The highest BCUT2D eigenvalue weighted by atomic mass is 35.5. The minimum absolute atomic E-state index is 0.0715. The van der Waals surface area contributed by atoms with E-state index in [0.717, 1.165) is 24.0 Å². The Labute approximate surface area is 203 Å². The molecule has 0 nitrogen and oxygen atoms in total. The minimum atomic E-state index is -4.88. The smallest absolute Gasteiger partial charge is 0.207 e. The number of rotatable bonds is 9. The quantitative estimate of drug-likeness (QED) is 0.231. The number of benzene rings is 2. The Morgan fingerprint density at radius 1 is 1.09 bits per heavy atom. The largest absolute Gasteiger partial charge is 0.399 e. The van der Waals surface area contributed by atoms with Crippen LogP contribution in [0.15, 0.2) is 43.0 Å². The van der Waals surface area contributed by atoms with Gasteiger partial charge in [-0.05, 0) is 53.3 Å². The highest BCUT2D eigenvalue weighted by Gasteiger charge is 2.40. The molecule has 0 fully saturated rings. The molecule has 1 unspecified atom stereocenters. The Kier molecular flexibility index (Phi) is 9.42. The van der Waals surface area contributed by atoms with Crippen LogP contribution in [0.3, 0.4) is 0 Å². The van der Waals surface area contributed by atoms with E-state index < -0.39 is 29.4 Å². The normalized spacial score (nSPS) is 13.8. The molecule has 0 amide bonds. The van der Waals surface area contributed by atoms with Gasteiger partial charge >= 0.3 is 6.18 Å². The molecule has 0 radical (unpaired) electrons. The Morgan fingerprint density at radius 3 is 2.18 bits per heavy atom. The average molecular weight is 527 g/mol. The summed E-state index contributed by atoms with van der Waals surface area (Å²) in [5, 5.41) is -0.143. The fraction of sp³-hybridized carbons (Fsp3) is 0.333. The molecule has 180 valence electrons. The van der Waals surface area contributed by atoms with Gasteiger partial charge in [0.25, 0.3) is 5.92 Å². The second-order valence-electron chi connectivity index (χ2n) is 7.34. The summed E-state index contributed by atoms with van der Waals surface area (Å²) in [5.74, 6) is -5.55. The van der Waals surface area contributed by atoms with E-state index in [1.807, 2.05) is 6.92 Å². The molecule has 1 atom stereocenters. The van der Waals surface area contributed by atoms with Gasteiger partial charge in [0, 0.05) is 33.7 Å². The molecule has 0 aromatic heterocycles. The fourth-order valence-electron chi connectivity index (χ4n) is 3.28. The molecule has 0 saturated heterocycles. The number of allylic oxidation sites excluding steroid dienone is 1. The first-order chi connectivity index (χ1) is 15.3. The van der Waals surface area contributed by atoms with Crippen molar-refractivity contribution in [2.24, 2.45) is 0 Å². The zero-order valence-electron chi connectivity index (χ0n) is 17.9. The van der Waals surface area contributed by atoms with Gasteiger partial charge in [-0.25, -0.2) is 13.2 Å². The minimum Gasteiger partial charge on any atom is -0.207 e. The molecule has 2 aromatic carbocycles. The van der Waals surface area contributed by atoms with Gasteiger partial charge in [0.05, 0.1) is 0 Å². The van der Waals surface area contributed by atoms with Crippen LogP contribution in [-0.2, 0) is 12.3 Å². The SMILES string of the molecule is C=Cc1c(Cl)cc(C(/C=C(\F)c2ccc(CCSCC)c(C(C)(F)F)c2)C(F)(F)F)cc1Cl. The lowest BCUT2D eigenvalue weighted by Crippen LogP contribution is -2.19. The van der Waals surface area contributed by atoms with Crippen LogP contribution in [0.4, 0.5) is 26.3 Å². The maximum atomic E-state index is 15.0. The van der Waals surface area contributed by atoms with E-state index >= 15 is 0 Å². The maximum absolute atomic E-state index is 15.0. The highest BCUT2D eigenvalue weighted by molar-refractivity contribution is 7.99. The third kappa shape index (κ3) is 7.20. The van der Waals surface area contributed by atoms with Crippen LogP contribution in [0.5, 0.6) is 0 Å². The van der Waals surface area contributed by atoms with Crippen LogP contribution >= 0.6 is 35.0 Å². The van der Waals surface area contributed by atoms with Gasteiger partial charge in [0.15, 0.2) is 0 Å². The molecule has 33 heavy (non-hydrogen) atoms. The summed E-state index contributed by atoms with van der Waals surface area (Å²) in [6.07, 6.45) is -2.91. The van der Waals surface area contributed by atoms with Crippen molar-refractivity contribution in [1.82, 2.24) is 0 Å². The second-order valence-corrected chi connectivity index (χ2v) is 9.55. The molecule has 9 heteroatoms. The number of halogens is 8. The first kappa shape index (κ1) is 27.7. The fourth-order valence-corrected chi connectivity index (χ4v) is 4.59. The first-order valence-electron chi connectivity index (χ1n) is 9.94.